The SMILES string of the molecule is CC(C)(C)c1ccc(CCC(=O)NCC(O)c2ccco2)cc1. The summed E-state index contributed by atoms with van der Waals surface area (Å²) < 4.78 is 5.09. The third kappa shape index (κ3) is 5.25. The van der Waals surface area contributed by atoms with Crippen molar-refractivity contribution in [3.63, 3.8) is 0 Å². The largest absolute Gasteiger partial charge is 0.467 e. The number of carbonyl (C=O) groups is 1. The van der Waals surface area contributed by atoms with Crippen molar-refractivity contribution < 1.29 is 14.3 Å². The molecule has 0 spiro atoms. The van der Waals surface area contributed by atoms with Gasteiger partial charge in [-0.3, -0.25) is 4.79 Å². The Morgan fingerprint density at radius 3 is 2.48 bits per heavy atom. The highest BCUT2D eigenvalue weighted by Crippen LogP contribution is 2.22. The number of amides is 1. The monoisotopic (exact) mass is 315 g/mol. The van der Waals surface area contributed by atoms with E-state index in [0.29, 0.717) is 18.6 Å². The van der Waals surface area contributed by atoms with Crippen molar-refractivity contribution in [1.29, 1.82) is 0 Å². The van der Waals surface area contributed by atoms with Crippen LogP contribution >= 0.6 is 0 Å². The molecule has 1 heterocycles. The fraction of sp³-hybridized carbons (Fsp3) is 0.421. The standard InChI is InChI=1S/C19H25NO3/c1-19(2,3)15-9-6-14(7-10-15)8-11-18(22)20-13-16(21)17-5-4-12-23-17/h4-7,9-10,12,16,21H,8,11,13H2,1-3H3,(H,20,22). The lowest BCUT2D eigenvalue weighted by atomic mass is 9.86. The fourth-order valence-electron chi connectivity index (χ4n) is 2.31. The van der Waals surface area contributed by atoms with Gasteiger partial charge in [-0.15, -0.1) is 0 Å². The number of aryl methyl sites for hydroxylation is 1. The molecule has 2 rings (SSSR count). The molecule has 124 valence electrons. The Morgan fingerprint density at radius 2 is 1.91 bits per heavy atom. The van der Waals surface area contributed by atoms with Gasteiger partial charge >= 0.3 is 0 Å². The second-order valence-electron chi connectivity index (χ2n) is 6.78. The van der Waals surface area contributed by atoms with E-state index in [1.54, 1.807) is 12.1 Å². The quantitative estimate of drug-likeness (QED) is 0.859. The molecule has 0 aliphatic heterocycles. The number of rotatable bonds is 6. The van der Waals surface area contributed by atoms with E-state index in [9.17, 15) is 9.90 Å². The van der Waals surface area contributed by atoms with Crippen LogP contribution in [0.4, 0.5) is 0 Å². The Bertz CT molecular complexity index is 609. The van der Waals surface area contributed by atoms with Crippen LogP contribution in [0.25, 0.3) is 0 Å². The zero-order chi connectivity index (χ0) is 16.9. The summed E-state index contributed by atoms with van der Waals surface area (Å²) >= 11 is 0. The summed E-state index contributed by atoms with van der Waals surface area (Å²) in [5.41, 5.74) is 2.56. The van der Waals surface area contributed by atoms with Crippen molar-refractivity contribution in [1.82, 2.24) is 5.32 Å². The first-order valence-electron chi connectivity index (χ1n) is 7.94. The van der Waals surface area contributed by atoms with Crippen LogP contribution in [0.2, 0.25) is 0 Å². The Morgan fingerprint density at radius 1 is 1.22 bits per heavy atom. The molecule has 0 fully saturated rings. The third-order valence-electron chi connectivity index (χ3n) is 3.82. The fourth-order valence-corrected chi connectivity index (χ4v) is 2.31. The van der Waals surface area contributed by atoms with E-state index in [0.717, 1.165) is 5.56 Å². The van der Waals surface area contributed by atoms with Crippen molar-refractivity contribution in [2.75, 3.05) is 6.54 Å². The number of aliphatic hydroxyl groups excluding tert-OH is 1. The van der Waals surface area contributed by atoms with Gasteiger partial charge in [0, 0.05) is 6.42 Å². The second-order valence-corrected chi connectivity index (χ2v) is 6.78. The molecule has 1 aromatic carbocycles. The van der Waals surface area contributed by atoms with Gasteiger partial charge in [0.25, 0.3) is 0 Å². The molecule has 0 bridgehead atoms. The number of nitrogens with one attached hydrogen (secondary N) is 1. The number of aliphatic hydroxyl groups is 1. The highest BCUT2D eigenvalue weighted by Gasteiger charge is 2.14. The van der Waals surface area contributed by atoms with E-state index in [-0.39, 0.29) is 17.9 Å². The Hall–Kier alpha value is -2.07. The molecule has 0 aliphatic rings. The summed E-state index contributed by atoms with van der Waals surface area (Å²) in [5.74, 6) is 0.388. The van der Waals surface area contributed by atoms with Gasteiger partial charge < -0.3 is 14.8 Å². The topological polar surface area (TPSA) is 62.5 Å². The molecule has 0 saturated carbocycles. The first-order chi connectivity index (χ1) is 10.9. The molecule has 0 saturated heterocycles. The van der Waals surface area contributed by atoms with Gasteiger partial charge in [-0.2, -0.15) is 0 Å². The van der Waals surface area contributed by atoms with Crippen molar-refractivity contribution in [3.05, 3.63) is 59.5 Å². The summed E-state index contributed by atoms with van der Waals surface area (Å²) in [5, 5.41) is 12.6. The number of hydrogen-bond acceptors (Lipinski definition) is 3. The summed E-state index contributed by atoms with van der Waals surface area (Å²) in [6.45, 7) is 6.70. The average Bonchev–Trinajstić information content (AvgIpc) is 3.04. The van der Waals surface area contributed by atoms with Crippen LogP contribution < -0.4 is 5.32 Å². The van der Waals surface area contributed by atoms with Crippen LogP contribution in [0, 0.1) is 0 Å². The lowest BCUT2D eigenvalue weighted by Gasteiger charge is -2.19. The number of hydrogen-bond donors (Lipinski definition) is 2. The minimum atomic E-state index is -0.806. The Kier molecular flexibility index (Phi) is 5.61. The number of benzene rings is 1. The van der Waals surface area contributed by atoms with Gasteiger partial charge in [-0.25, -0.2) is 0 Å². The summed E-state index contributed by atoms with van der Waals surface area (Å²) in [6, 6.07) is 11.8. The third-order valence-corrected chi connectivity index (χ3v) is 3.82. The number of furan rings is 1. The molecule has 1 atom stereocenters. The van der Waals surface area contributed by atoms with E-state index in [1.807, 2.05) is 0 Å². The highest BCUT2D eigenvalue weighted by atomic mass is 16.4. The van der Waals surface area contributed by atoms with Crippen molar-refractivity contribution in [2.45, 2.75) is 45.1 Å². The van der Waals surface area contributed by atoms with E-state index < -0.39 is 6.10 Å². The minimum absolute atomic E-state index is 0.0736. The van der Waals surface area contributed by atoms with Crippen molar-refractivity contribution >= 4 is 5.91 Å². The molecule has 1 aromatic heterocycles. The van der Waals surface area contributed by atoms with E-state index in [2.05, 4.69) is 50.4 Å². The lowest BCUT2D eigenvalue weighted by Crippen LogP contribution is -2.28. The van der Waals surface area contributed by atoms with Crippen LogP contribution in [-0.2, 0) is 16.6 Å². The average molecular weight is 315 g/mol. The molecule has 1 unspecified atom stereocenters. The van der Waals surface area contributed by atoms with Crippen molar-refractivity contribution in [3.8, 4) is 0 Å². The smallest absolute Gasteiger partial charge is 0.220 e. The van der Waals surface area contributed by atoms with E-state index >= 15 is 0 Å². The van der Waals surface area contributed by atoms with Gasteiger partial charge in [0.2, 0.25) is 5.91 Å². The van der Waals surface area contributed by atoms with Crippen LogP contribution in [-0.4, -0.2) is 17.6 Å². The molecule has 2 aromatic rings. The van der Waals surface area contributed by atoms with Gasteiger partial charge in [0.15, 0.2) is 0 Å². The van der Waals surface area contributed by atoms with Crippen LogP contribution in [0.1, 0.15) is 50.2 Å². The van der Waals surface area contributed by atoms with E-state index in [4.69, 9.17) is 4.42 Å². The summed E-state index contributed by atoms with van der Waals surface area (Å²) in [6.07, 6.45) is 1.79. The first-order valence-corrected chi connectivity index (χ1v) is 7.94. The minimum Gasteiger partial charge on any atom is -0.467 e. The van der Waals surface area contributed by atoms with Gasteiger partial charge in [-0.05, 0) is 35.1 Å². The van der Waals surface area contributed by atoms with Gasteiger partial charge in [0.05, 0.1) is 12.8 Å². The molecule has 4 nitrogen and oxygen atoms in total. The second kappa shape index (κ2) is 7.47. The summed E-state index contributed by atoms with van der Waals surface area (Å²) in [7, 11) is 0. The normalized spacial score (nSPS) is 12.9. The molecule has 2 N–H and O–H groups in total. The predicted octanol–water partition coefficient (Wildman–Crippen LogP) is 3.36. The molecular formula is C19H25NO3. The Labute approximate surface area is 137 Å². The molecular weight excluding hydrogens is 290 g/mol. The zero-order valence-corrected chi connectivity index (χ0v) is 14.0. The molecule has 23 heavy (non-hydrogen) atoms. The maximum atomic E-state index is 11.9. The molecule has 0 radical (unpaired) electrons. The number of carbonyl (C=O) groups excluding carboxylic acids is 1. The predicted molar refractivity (Wildman–Crippen MR) is 90.1 cm³/mol. The van der Waals surface area contributed by atoms with Gasteiger partial charge in [-0.1, -0.05) is 45.0 Å². The maximum absolute atomic E-state index is 11.9. The molecule has 4 heteroatoms. The first kappa shape index (κ1) is 17.3. The van der Waals surface area contributed by atoms with E-state index in [1.165, 1.54) is 11.8 Å². The van der Waals surface area contributed by atoms with Crippen molar-refractivity contribution in [2.24, 2.45) is 0 Å². The highest BCUT2D eigenvalue weighted by molar-refractivity contribution is 5.76. The van der Waals surface area contributed by atoms with Gasteiger partial charge in [0.1, 0.15) is 11.9 Å². The van der Waals surface area contributed by atoms with Crippen LogP contribution in [0.15, 0.2) is 47.1 Å². The summed E-state index contributed by atoms with van der Waals surface area (Å²) in [4.78, 5) is 11.9. The zero-order valence-electron chi connectivity index (χ0n) is 14.0. The molecule has 1 amide bonds. The molecule has 0 aliphatic carbocycles. The lowest BCUT2D eigenvalue weighted by molar-refractivity contribution is -0.121. The Balaban J connectivity index is 1.76. The van der Waals surface area contributed by atoms with Crippen LogP contribution in [0.3, 0.4) is 0 Å². The maximum Gasteiger partial charge on any atom is 0.220 e. The van der Waals surface area contributed by atoms with Crippen LogP contribution in [0.5, 0.6) is 0 Å².